The number of imide groups is 1. The first kappa shape index (κ1) is 19.3. The number of nitrogens with one attached hydrogen (secondary N) is 1. The molecule has 0 aromatic carbocycles. The second kappa shape index (κ2) is 6.94. The van der Waals surface area contributed by atoms with Crippen molar-refractivity contribution in [3.8, 4) is 0 Å². The van der Waals surface area contributed by atoms with Crippen LogP contribution in [0.5, 0.6) is 0 Å². The molecule has 2 fully saturated rings. The summed E-state index contributed by atoms with van der Waals surface area (Å²) in [5.41, 5.74) is 0.146. The van der Waals surface area contributed by atoms with Gasteiger partial charge in [-0.25, -0.2) is 10.1 Å². The van der Waals surface area contributed by atoms with Gasteiger partial charge in [0.2, 0.25) is 12.5 Å². The molecule has 0 spiro atoms. The standard InChI is InChI=1S/C15H22N2O9/c1-6-3-17(15(24)16-13(6)23,10-2-7(20)8(4-18)25-10)14-12(22)11(21)9(5-19)26-14/h3,7-12,14,18-22H,2,4-5H2,1H3/p+1/t7-,8+,9+,10+,11+,12-,14+,17?/m0/s1. The Balaban J connectivity index is 2.07. The number of carbonyl (C=O) groups excluding carboxylic acids is 2. The number of hydrogen-bond acceptors (Lipinski definition) is 9. The summed E-state index contributed by atoms with van der Waals surface area (Å²) in [4.78, 5) is 24.7. The minimum atomic E-state index is -1.57. The van der Waals surface area contributed by atoms with E-state index in [1.54, 1.807) is 0 Å². The van der Waals surface area contributed by atoms with Crippen LogP contribution in [0.2, 0.25) is 0 Å². The molecule has 3 rings (SSSR count). The maximum absolute atomic E-state index is 12.8. The molecule has 3 aliphatic rings. The summed E-state index contributed by atoms with van der Waals surface area (Å²) in [5.74, 6) is -0.632. The fraction of sp³-hybridized carbons (Fsp3) is 0.733. The second-order valence-corrected chi connectivity index (χ2v) is 6.75. The Hall–Kier alpha value is -1.44. The van der Waals surface area contributed by atoms with Crippen LogP contribution in [0.4, 0.5) is 4.79 Å². The summed E-state index contributed by atoms with van der Waals surface area (Å²) in [5, 5.41) is 51.4. The number of amides is 3. The Kier molecular flexibility index (Phi) is 5.16. The molecule has 11 heteroatoms. The third kappa shape index (κ3) is 2.77. The highest BCUT2D eigenvalue weighted by atomic mass is 16.6. The lowest BCUT2D eigenvalue weighted by atomic mass is 10.1. The number of quaternary nitrogens is 1. The molecule has 0 radical (unpaired) electrons. The van der Waals surface area contributed by atoms with Crippen molar-refractivity contribution < 1.29 is 49.1 Å². The molecule has 0 aromatic rings. The number of rotatable bonds is 4. The van der Waals surface area contributed by atoms with Crippen LogP contribution in [0.1, 0.15) is 13.3 Å². The van der Waals surface area contributed by atoms with Crippen molar-refractivity contribution in [3.63, 3.8) is 0 Å². The third-order valence-electron chi connectivity index (χ3n) is 5.14. The van der Waals surface area contributed by atoms with E-state index in [1.807, 2.05) is 0 Å². The van der Waals surface area contributed by atoms with Gasteiger partial charge in [-0.1, -0.05) is 0 Å². The minimum absolute atomic E-state index is 0.0803. The normalized spacial score (nSPS) is 46.4. The van der Waals surface area contributed by atoms with Crippen molar-refractivity contribution in [2.45, 2.75) is 56.3 Å². The van der Waals surface area contributed by atoms with E-state index in [0.717, 1.165) is 0 Å². The van der Waals surface area contributed by atoms with Crippen molar-refractivity contribution in [2.24, 2.45) is 0 Å². The topological polar surface area (TPSA) is 166 Å². The van der Waals surface area contributed by atoms with Crippen molar-refractivity contribution >= 4 is 11.9 Å². The smallest absolute Gasteiger partial charge is 0.394 e. The average molecular weight is 375 g/mol. The summed E-state index contributed by atoms with van der Waals surface area (Å²) in [6.07, 6.45) is -7.49. The van der Waals surface area contributed by atoms with E-state index >= 15 is 0 Å². The first-order valence-electron chi connectivity index (χ1n) is 8.26. The van der Waals surface area contributed by atoms with Gasteiger partial charge in [-0.3, -0.25) is 4.79 Å². The van der Waals surface area contributed by atoms with E-state index in [1.165, 1.54) is 13.1 Å². The van der Waals surface area contributed by atoms with Crippen molar-refractivity contribution in [2.75, 3.05) is 13.2 Å². The van der Waals surface area contributed by atoms with Crippen LogP contribution >= 0.6 is 0 Å². The summed E-state index contributed by atoms with van der Waals surface area (Å²) in [7, 11) is 0. The molecule has 8 atom stereocenters. The lowest BCUT2D eigenvalue weighted by Gasteiger charge is -2.42. The fourth-order valence-electron chi connectivity index (χ4n) is 3.68. The molecule has 0 aromatic heterocycles. The Morgan fingerprint density at radius 1 is 1.12 bits per heavy atom. The van der Waals surface area contributed by atoms with Crippen LogP contribution < -0.4 is 5.32 Å². The summed E-state index contributed by atoms with van der Waals surface area (Å²) < 4.78 is 10.3. The van der Waals surface area contributed by atoms with E-state index in [-0.39, 0.29) is 12.0 Å². The molecular weight excluding hydrogens is 352 g/mol. The van der Waals surface area contributed by atoms with Crippen LogP contribution in [0.3, 0.4) is 0 Å². The second-order valence-electron chi connectivity index (χ2n) is 6.75. The molecule has 11 nitrogen and oxygen atoms in total. The molecule has 3 aliphatic heterocycles. The number of urea groups is 1. The molecule has 6 N–H and O–H groups in total. The Bertz CT molecular complexity index is 626. The number of nitrogens with zero attached hydrogens (tertiary/aromatic N) is 1. The number of ether oxygens (including phenoxy) is 2. The molecule has 2 saturated heterocycles. The zero-order chi connectivity index (χ0) is 19.2. The number of hydrogen-bond donors (Lipinski definition) is 6. The van der Waals surface area contributed by atoms with E-state index in [2.05, 4.69) is 5.32 Å². The molecule has 0 aliphatic carbocycles. The number of aliphatic hydroxyl groups is 5. The highest BCUT2D eigenvalue weighted by Crippen LogP contribution is 2.39. The first-order valence-corrected chi connectivity index (χ1v) is 8.26. The minimum Gasteiger partial charge on any atom is -0.394 e. The van der Waals surface area contributed by atoms with Gasteiger partial charge in [0.1, 0.15) is 24.5 Å². The quantitative estimate of drug-likeness (QED) is 0.278. The zero-order valence-electron chi connectivity index (χ0n) is 14.1. The molecule has 3 amide bonds. The Morgan fingerprint density at radius 2 is 1.77 bits per heavy atom. The van der Waals surface area contributed by atoms with Gasteiger partial charge >= 0.3 is 6.03 Å². The largest absolute Gasteiger partial charge is 0.432 e. The van der Waals surface area contributed by atoms with E-state index in [0.29, 0.717) is 0 Å². The lowest BCUT2D eigenvalue weighted by molar-refractivity contribution is -0.901. The Morgan fingerprint density at radius 3 is 2.31 bits per heavy atom. The van der Waals surface area contributed by atoms with Gasteiger partial charge in [0.25, 0.3) is 5.91 Å². The van der Waals surface area contributed by atoms with Crippen molar-refractivity contribution in [3.05, 3.63) is 11.8 Å². The molecule has 0 saturated carbocycles. The van der Waals surface area contributed by atoms with Crippen LogP contribution in [-0.2, 0) is 14.3 Å². The molecule has 3 heterocycles. The predicted molar refractivity (Wildman–Crippen MR) is 81.7 cm³/mol. The molecular formula is C15H23N2O9+. The summed E-state index contributed by atoms with van der Waals surface area (Å²) >= 11 is 0. The SMILES string of the molecule is CC1=C[N+]([C@@H]2O[C@H](CO)[C@@H](O)[C@@H]2O)([C@H]2C[C@H](O)[C@@H](CO)O2)C(=O)NC1=O. The zero-order valence-corrected chi connectivity index (χ0v) is 14.1. The molecule has 146 valence electrons. The van der Waals surface area contributed by atoms with Crippen LogP contribution in [0.25, 0.3) is 0 Å². The highest BCUT2D eigenvalue weighted by Gasteiger charge is 2.64. The van der Waals surface area contributed by atoms with E-state index in [9.17, 15) is 35.1 Å². The van der Waals surface area contributed by atoms with E-state index < -0.39 is 72.6 Å². The van der Waals surface area contributed by atoms with Gasteiger partial charge in [-0.05, 0) is 6.92 Å². The lowest BCUT2D eigenvalue weighted by Crippen LogP contribution is -2.70. The molecule has 26 heavy (non-hydrogen) atoms. The molecule has 0 bridgehead atoms. The average Bonchev–Trinajstić information content (AvgIpc) is 3.12. The predicted octanol–water partition coefficient (Wildman–Crippen LogP) is -3.14. The first-order chi connectivity index (χ1) is 12.3. The van der Waals surface area contributed by atoms with Crippen LogP contribution in [0, 0.1) is 0 Å². The maximum atomic E-state index is 12.8. The number of carbonyl (C=O) groups is 2. The fourth-order valence-corrected chi connectivity index (χ4v) is 3.68. The maximum Gasteiger partial charge on any atom is 0.432 e. The van der Waals surface area contributed by atoms with Crippen LogP contribution in [-0.4, -0.2) is 98.1 Å². The van der Waals surface area contributed by atoms with E-state index in [4.69, 9.17) is 9.47 Å². The summed E-state index contributed by atoms with van der Waals surface area (Å²) in [6, 6.07) is -0.869. The third-order valence-corrected chi connectivity index (χ3v) is 5.14. The summed E-state index contributed by atoms with van der Waals surface area (Å²) in [6.45, 7) is 0.368. The number of aliphatic hydroxyl groups excluding tert-OH is 5. The molecule has 1 unspecified atom stereocenters. The Labute approximate surface area is 148 Å². The monoisotopic (exact) mass is 375 g/mol. The van der Waals surface area contributed by atoms with Gasteiger partial charge < -0.3 is 35.0 Å². The van der Waals surface area contributed by atoms with Gasteiger partial charge in [-0.2, -0.15) is 4.48 Å². The van der Waals surface area contributed by atoms with Gasteiger partial charge in [0, 0.05) is 0 Å². The highest BCUT2D eigenvalue weighted by molar-refractivity contribution is 6.03. The van der Waals surface area contributed by atoms with Crippen molar-refractivity contribution in [1.82, 2.24) is 5.32 Å². The van der Waals surface area contributed by atoms with Crippen molar-refractivity contribution in [1.29, 1.82) is 0 Å². The van der Waals surface area contributed by atoms with Gasteiger partial charge in [0.05, 0.1) is 31.3 Å². The van der Waals surface area contributed by atoms with Gasteiger partial charge in [-0.15, -0.1) is 0 Å². The van der Waals surface area contributed by atoms with Gasteiger partial charge in [0.15, 0.2) is 6.10 Å². The van der Waals surface area contributed by atoms with Crippen LogP contribution in [0.15, 0.2) is 11.8 Å².